The van der Waals surface area contributed by atoms with Crippen molar-refractivity contribution in [3.8, 4) is 11.5 Å². The number of carbonyl (C=O) groups is 1. The Bertz CT molecular complexity index is 765. The van der Waals surface area contributed by atoms with Gasteiger partial charge in [-0.1, -0.05) is 19.9 Å². The Kier molecular flexibility index (Phi) is 6.58. The summed E-state index contributed by atoms with van der Waals surface area (Å²) in [5.74, 6) is 1.27. The van der Waals surface area contributed by atoms with E-state index in [2.05, 4.69) is 18.8 Å². The van der Waals surface area contributed by atoms with Crippen LogP contribution in [-0.4, -0.2) is 31.8 Å². The van der Waals surface area contributed by atoms with E-state index in [0.29, 0.717) is 34.6 Å². The van der Waals surface area contributed by atoms with Gasteiger partial charge >= 0.3 is 5.97 Å². The summed E-state index contributed by atoms with van der Waals surface area (Å²) in [6.45, 7) is 6.63. The SMILES string of the molecule is COC(=O)/C(=C\c1ccc(OC)c(OCC(C)C)c1)c1nc(C)cs1. The first-order valence-electron chi connectivity index (χ1n) is 7.98. The molecule has 2 aromatic rings. The van der Waals surface area contributed by atoms with Gasteiger partial charge in [-0.3, -0.25) is 0 Å². The van der Waals surface area contributed by atoms with Gasteiger partial charge in [0.15, 0.2) is 11.5 Å². The maximum absolute atomic E-state index is 12.2. The number of methoxy groups -OCH3 is 2. The van der Waals surface area contributed by atoms with Crippen molar-refractivity contribution in [1.29, 1.82) is 0 Å². The highest BCUT2D eigenvalue weighted by molar-refractivity contribution is 7.11. The van der Waals surface area contributed by atoms with Gasteiger partial charge in [0.25, 0.3) is 0 Å². The van der Waals surface area contributed by atoms with Crippen molar-refractivity contribution in [3.05, 3.63) is 39.8 Å². The van der Waals surface area contributed by atoms with Crippen LogP contribution in [0.4, 0.5) is 0 Å². The maximum Gasteiger partial charge on any atom is 0.340 e. The normalized spacial score (nSPS) is 11.5. The highest BCUT2D eigenvalue weighted by atomic mass is 32.1. The van der Waals surface area contributed by atoms with Crippen LogP contribution in [0.5, 0.6) is 11.5 Å². The van der Waals surface area contributed by atoms with Crippen molar-refractivity contribution in [1.82, 2.24) is 4.98 Å². The van der Waals surface area contributed by atoms with Crippen molar-refractivity contribution >= 4 is 29.0 Å². The number of aromatic nitrogens is 1. The van der Waals surface area contributed by atoms with Gasteiger partial charge in [-0.05, 0) is 36.6 Å². The molecule has 0 saturated carbocycles. The summed E-state index contributed by atoms with van der Waals surface area (Å²) in [6, 6.07) is 5.54. The van der Waals surface area contributed by atoms with Gasteiger partial charge in [0.1, 0.15) is 5.01 Å². The van der Waals surface area contributed by atoms with Crippen molar-refractivity contribution in [2.24, 2.45) is 5.92 Å². The minimum atomic E-state index is -0.421. The summed E-state index contributed by atoms with van der Waals surface area (Å²) < 4.78 is 16.1. The fourth-order valence-electron chi connectivity index (χ4n) is 2.11. The lowest BCUT2D eigenvalue weighted by Crippen LogP contribution is -2.06. The molecule has 0 spiro atoms. The molecule has 0 atom stereocenters. The van der Waals surface area contributed by atoms with Gasteiger partial charge < -0.3 is 14.2 Å². The second kappa shape index (κ2) is 8.67. The molecule has 25 heavy (non-hydrogen) atoms. The summed E-state index contributed by atoms with van der Waals surface area (Å²) in [7, 11) is 2.97. The van der Waals surface area contributed by atoms with E-state index in [-0.39, 0.29) is 0 Å². The van der Waals surface area contributed by atoms with Crippen LogP contribution in [0.3, 0.4) is 0 Å². The second-order valence-electron chi connectivity index (χ2n) is 5.96. The number of esters is 1. The molecule has 0 aliphatic rings. The monoisotopic (exact) mass is 361 g/mol. The van der Waals surface area contributed by atoms with E-state index in [4.69, 9.17) is 14.2 Å². The first-order chi connectivity index (χ1) is 11.9. The van der Waals surface area contributed by atoms with Crippen molar-refractivity contribution < 1.29 is 19.0 Å². The number of hydrogen-bond donors (Lipinski definition) is 0. The quantitative estimate of drug-likeness (QED) is 0.546. The Hall–Kier alpha value is -2.34. The highest BCUT2D eigenvalue weighted by Crippen LogP contribution is 2.31. The molecule has 1 aromatic carbocycles. The molecule has 1 aromatic heterocycles. The van der Waals surface area contributed by atoms with E-state index in [1.165, 1.54) is 18.4 Å². The van der Waals surface area contributed by atoms with Gasteiger partial charge in [0.05, 0.1) is 26.4 Å². The zero-order chi connectivity index (χ0) is 18.4. The number of benzene rings is 1. The first-order valence-corrected chi connectivity index (χ1v) is 8.86. The molecule has 1 heterocycles. The van der Waals surface area contributed by atoms with Gasteiger partial charge in [-0.25, -0.2) is 9.78 Å². The largest absolute Gasteiger partial charge is 0.493 e. The molecule has 6 heteroatoms. The van der Waals surface area contributed by atoms with E-state index in [1.54, 1.807) is 13.2 Å². The number of nitrogens with zero attached hydrogens (tertiary/aromatic N) is 1. The molecular weight excluding hydrogens is 338 g/mol. The maximum atomic E-state index is 12.2. The van der Waals surface area contributed by atoms with Gasteiger partial charge in [0, 0.05) is 11.1 Å². The first kappa shape index (κ1) is 19.0. The fraction of sp³-hybridized carbons (Fsp3) is 0.368. The third kappa shape index (κ3) is 5.06. The van der Waals surface area contributed by atoms with E-state index < -0.39 is 5.97 Å². The third-order valence-corrected chi connectivity index (χ3v) is 4.32. The molecule has 0 aliphatic carbocycles. The Labute approximate surface area is 152 Å². The average Bonchev–Trinajstić information content (AvgIpc) is 3.03. The highest BCUT2D eigenvalue weighted by Gasteiger charge is 2.16. The molecule has 2 rings (SSSR count). The molecule has 5 nitrogen and oxygen atoms in total. The molecule has 0 saturated heterocycles. The summed E-state index contributed by atoms with van der Waals surface area (Å²) in [6.07, 6.45) is 1.76. The van der Waals surface area contributed by atoms with Crippen LogP contribution < -0.4 is 9.47 Å². The Balaban J connectivity index is 2.41. The van der Waals surface area contributed by atoms with Crippen LogP contribution in [0.1, 0.15) is 30.1 Å². The zero-order valence-electron chi connectivity index (χ0n) is 15.2. The molecule has 0 fully saturated rings. The van der Waals surface area contributed by atoms with Gasteiger partial charge in [0.2, 0.25) is 0 Å². The Morgan fingerprint density at radius 3 is 2.60 bits per heavy atom. The molecule has 0 bridgehead atoms. The number of ether oxygens (including phenoxy) is 3. The van der Waals surface area contributed by atoms with Crippen LogP contribution in [-0.2, 0) is 9.53 Å². The predicted octanol–water partition coefficient (Wildman–Crippen LogP) is 4.21. The van der Waals surface area contributed by atoms with E-state index in [0.717, 1.165) is 11.3 Å². The topological polar surface area (TPSA) is 57.7 Å². The predicted molar refractivity (Wildman–Crippen MR) is 100 cm³/mol. The lowest BCUT2D eigenvalue weighted by atomic mass is 10.1. The number of carbonyl (C=O) groups excluding carboxylic acids is 1. The Morgan fingerprint density at radius 2 is 2.04 bits per heavy atom. The average molecular weight is 361 g/mol. The van der Waals surface area contributed by atoms with E-state index in [1.807, 2.05) is 30.5 Å². The molecule has 0 N–H and O–H groups in total. The summed E-state index contributed by atoms with van der Waals surface area (Å²) in [4.78, 5) is 16.6. The van der Waals surface area contributed by atoms with Crippen LogP contribution in [0.2, 0.25) is 0 Å². The summed E-state index contributed by atoms with van der Waals surface area (Å²) in [5.41, 5.74) is 2.10. The molecule has 0 unspecified atom stereocenters. The number of thiazole rings is 1. The summed E-state index contributed by atoms with van der Waals surface area (Å²) in [5, 5.41) is 2.53. The van der Waals surface area contributed by atoms with Gasteiger partial charge in [-0.2, -0.15) is 0 Å². The number of hydrogen-bond acceptors (Lipinski definition) is 6. The summed E-state index contributed by atoms with van der Waals surface area (Å²) >= 11 is 1.41. The van der Waals surface area contributed by atoms with Crippen molar-refractivity contribution in [3.63, 3.8) is 0 Å². The second-order valence-corrected chi connectivity index (χ2v) is 6.82. The number of aryl methyl sites for hydroxylation is 1. The van der Waals surface area contributed by atoms with Crippen LogP contribution >= 0.6 is 11.3 Å². The van der Waals surface area contributed by atoms with Crippen LogP contribution in [0.25, 0.3) is 11.6 Å². The van der Waals surface area contributed by atoms with E-state index >= 15 is 0 Å². The van der Waals surface area contributed by atoms with Crippen molar-refractivity contribution in [2.45, 2.75) is 20.8 Å². The molecular formula is C19H23NO4S. The molecule has 134 valence electrons. The zero-order valence-corrected chi connectivity index (χ0v) is 16.0. The molecule has 0 amide bonds. The minimum absolute atomic E-state index is 0.396. The third-order valence-electron chi connectivity index (χ3n) is 3.33. The van der Waals surface area contributed by atoms with E-state index in [9.17, 15) is 4.79 Å². The lowest BCUT2D eigenvalue weighted by molar-refractivity contribution is -0.133. The minimum Gasteiger partial charge on any atom is -0.493 e. The Morgan fingerprint density at radius 1 is 1.28 bits per heavy atom. The molecule has 0 radical (unpaired) electrons. The standard InChI is InChI=1S/C19H23NO4S/c1-12(2)10-24-17-9-14(6-7-16(17)22-4)8-15(19(21)23-5)18-20-13(3)11-25-18/h6-9,11-12H,10H2,1-5H3/b15-8-. The van der Waals surface area contributed by atoms with Crippen LogP contribution in [0, 0.1) is 12.8 Å². The van der Waals surface area contributed by atoms with Gasteiger partial charge in [-0.15, -0.1) is 11.3 Å². The number of rotatable bonds is 7. The van der Waals surface area contributed by atoms with Crippen molar-refractivity contribution in [2.75, 3.05) is 20.8 Å². The lowest BCUT2D eigenvalue weighted by Gasteiger charge is -2.13. The fourth-order valence-corrected chi connectivity index (χ4v) is 2.92. The molecule has 0 aliphatic heterocycles. The smallest absolute Gasteiger partial charge is 0.340 e. The van der Waals surface area contributed by atoms with Crippen LogP contribution in [0.15, 0.2) is 23.6 Å².